The smallest absolute Gasteiger partial charge is 0.225 e. The van der Waals surface area contributed by atoms with Gasteiger partial charge in [-0.05, 0) is 42.8 Å². The molecule has 1 heterocycles. The Kier molecular flexibility index (Phi) is 6.07. The number of aryl methyl sites for hydroxylation is 1. The lowest BCUT2D eigenvalue weighted by Gasteiger charge is -2.18. The van der Waals surface area contributed by atoms with E-state index >= 15 is 0 Å². The van der Waals surface area contributed by atoms with E-state index in [2.05, 4.69) is 10.6 Å². The fraction of sp³-hybridized carbons (Fsp3) is 0.300. The number of amides is 2. The molecule has 154 valence electrons. The first kappa shape index (κ1) is 20.7. The normalized spacial score (nSPS) is 12.9. The van der Waals surface area contributed by atoms with Crippen LogP contribution < -0.4 is 20.1 Å². The highest BCUT2D eigenvalue weighted by Crippen LogP contribution is 2.32. The number of benzene rings is 2. The van der Waals surface area contributed by atoms with Gasteiger partial charge in [-0.25, -0.2) is 8.42 Å². The SMILES string of the molecule is CC(=O)Nc1ccc(NC(=O)CCS(=O)(=O)c2ccc3c(c2)OCCO3)cc1C. The highest BCUT2D eigenvalue weighted by atomic mass is 32.2. The second-order valence-electron chi connectivity index (χ2n) is 6.63. The number of carbonyl (C=O) groups is 2. The average molecular weight is 418 g/mol. The summed E-state index contributed by atoms with van der Waals surface area (Å²) < 4.78 is 35.9. The molecule has 29 heavy (non-hydrogen) atoms. The zero-order valence-corrected chi connectivity index (χ0v) is 17.0. The molecule has 0 fully saturated rings. The summed E-state index contributed by atoms with van der Waals surface area (Å²) in [6.07, 6.45) is -0.191. The number of hydrogen-bond acceptors (Lipinski definition) is 6. The highest BCUT2D eigenvalue weighted by Gasteiger charge is 2.20. The number of anilines is 2. The molecule has 0 aromatic heterocycles. The quantitative estimate of drug-likeness (QED) is 0.746. The third-order valence-corrected chi connectivity index (χ3v) is 6.01. The van der Waals surface area contributed by atoms with Crippen LogP contribution in [0.4, 0.5) is 11.4 Å². The van der Waals surface area contributed by atoms with Crippen molar-refractivity contribution in [1.29, 1.82) is 0 Å². The lowest BCUT2D eigenvalue weighted by atomic mass is 10.1. The van der Waals surface area contributed by atoms with Crippen LogP contribution in [0.2, 0.25) is 0 Å². The van der Waals surface area contributed by atoms with E-state index in [1.807, 2.05) is 0 Å². The molecule has 0 unspecified atom stereocenters. The van der Waals surface area contributed by atoms with Gasteiger partial charge in [-0.1, -0.05) is 0 Å². The minimum absolute atomic E-state index is 0.0880. The third kappa shape index (κ3) is 5.26. The summed E-state index contributed by atoms with van der Waals surface area (Å²) in [5.41, 5.74) is 1.96. The molecular formula is C20H22N2O6S. The van der Waals surface area contributed by atoms with Crippen LogP contribution in [0.1, 0.15) is 18.9 Å². The van der Waals surface area contributed by atoms with Crippen LogP contribution in [0.15, 0.2) is 41.3 Å². The maximum absolute atomic E-state index is 12.6. The van der Waals surface area contributed by atoms with Gasteiger partial charge in [-0.3, -0.25) is 9.59 Å². The molecule has 1 aliphatic rings. The van der Waals surface area contributed by atoms with E-state index in [0.717, 1.165) is 5.56 Å². The Hall–Kier alpha value is -3.07. The molecule has 0 aliphatic carbocycles. The van der Waals surface area contributed by atoms with E-state index < -0.39 is 15.7 Å². The van der Waals surface area contributed by atoms with Gasteiger partial charge < -0.3 is 20.1 Å². The molecule has 0 saturated heterocycles. The summed E-state index contributed by atoms with van der Waals surface area (Å²) in [5.74, 6) is -0.0453. The van der Waals surface area contributed by atoms with Crippen molar-refractivity contribution >= 4 is 33.0 Å². The molecule has 2 aromatic rings. The molecule has 2 N–H and O–H groups in total. The van der Waals surface area contributed by atoms with E-state index in [1.54, 1.807) is 31.2 Å². The zero-order valence-electron chi connectivity index (χ0n) is 16.2. The van der Waals surface area contributed by atoms with Gasteiger partial charge >= 0.3 is 0 Å². The zero-order chi connectivity index (χ0) is 21.0. The van der Waals surface area contributed by atoms with Crippen molar-refractivity contribution in [2.24, 2.45) is 0 Å². The van der Waals surface area contributed by atoms with Gasteiger partial charge in [0.25, 0.3) is 0 Å². The Labute approximate surface area is 169 Å². The van der Waals surface area contributed by atoms with Crippen molar-refractivity contribution in [1.82, 2.24) is 0 Å². The van der Waals surface area contributed by atoms with Crippen LogP contribution in [0.5, 0.6) is 11.5 Å². The van der Waals surface area contributed by atoms with Crippen molar-refractivity contribution in [3.05, 3.63) is 42.0 Å². The van der Waals surface area contributed by atoms with Gasteiger partial charge in [0.1, 0.15) is 13.2 Å². The Balaban J connectivity index is 1.61. The predicted molar refractivity (Wildman–Crippen MR) is 108 cm³/mol. The van der Waals surface area contributed by atoms with E-state index in [-0.39, 0.29) is 23.0 Å². The minimum Gasteiger partial charge on any atom is -0.486 e. The second kappa shape index (κ2) is 8.52. The number of carbonyl (C=O) groups excluding carboxylic acids is 2. The molecule has 0 saturated carbocycles. The van der Waals surface area contributed by atoms with Gasteiger partial charge in [0.15, 0.2) is 21.3 Å². The van der Waals surface area contributed by atoms with Crippen LogP contribution in [-0.2, 0) is 19.4 Å². The van der Waals surface area contributed by atoms with E-state index in [1.165, 1.54) is 19.1 Å². The Morgan fingerprint density at radius 1 is 1.00 bits per heavy atom. The van der Waals surface area contributed by atoms with Crippen molar-refractivity contribution < 1.29 is 27.5 Å². The summed E-state index contributed by atoms with van der Waals surface area (Å²) in [4.78, 5) is 23.4. The molecule has 9 heteroatoms. The van der Waals surface area contributed by atoms with Gasteiger partial charge in [-0.15, -0.1) is 0 Å². The largest absolute Gasteiger partial charge is 0.486 e. The molecule has 0 radical (unpaired) electrons. The summed E-state index contributed by atoms with van der Waals surface area (Å²) in [5, 5.41) is 5.36. The fourth-order valence-corrected chi connectivity index (χ4v) is 4.11. The standard InChI is InChI=1S/C20H22N2O6S/c1-13-11-15(3-5-17(13)21-14(2)23)22-20(24)7-10-29(25,26)16-4-6-18-19(12-16)28-9-8-27-18/h3-6,11-12H,7-10H2,1-2H3,(H,21,23)(H,22,24). The highest BCUT2D eigenvalue weighted by molar-refractivity contribution is 7.91. The molecule has 8 nitrogen and oxygen atoms in total. The third-order valence-electron chi connectivity index (χ3n) is 4.29. The first-order valence-electron chi connectivity index (χ1n) is 9.05. The number of fused-ring (bicyclic) bond motifs is 1. The summed E-state index contributed by atoms with van der Waals surface area (Å²) >= 11 is 0. The van der Waals surface area contributed by atoms with Crippen LogP contribution >= 0.6 is 0 Å². The Morgan fingerprint density at radius 3 is 2.41 bits per heavy atom. The van der Waals surface area contributed by atoms with Crippen LogP contribution in [0.25, 0.3) is 0 Å². The molecule has 0 bridgehead atoms. The molecule has 0 spiro atoms. The van der Waals surface area contributed by atoms with E-state index in [0.29, 0.717) is 36.1 Å². The molecule has 3 rings (SSSR count). The number of nitrogens with one attached hydrogen (secondary N) is 2. The Bertz CT molecular complexity index is 1050. The number of ether oxygens (including phenoxy) is 2. The second-order valence-corrected chi connectivity index (χ2v) is 8.74. The van der Waals surface area contributed by atoms with Crippen molar-refractivity contribution in [3.63, 3.8) is 0 Å². The fourth-order valence-electron chi connectivity index (χ4n) is 2.86. The van der Waals surface area contributed by atoms with Crippen LogP contribution in [-0.4, -0.2) is 39.2 Å². The monoisotopic (exact) mass is 418 g/mol. The van der Waals surface area contributed by atoms with Crippen molar-refractivity contribution in [2.75, 3.05) is 29.6 Å². The Morgan fingerprint density at radius 2 is 1.72 bits per heavy atom. The lowest BCUT2D eigenvalue weighted by Crippen LogP contribution is -2.18. The molecule has 2 aromatic carbocycles. The van der Waals surface area contributed by atoms with Gasteiger partial charge in [-0.2, -0.15) is 0 Å². The summed E-state index contributed by atoms with van der Waals surface area (Å²) in [6.45, 7) is 3.99. The van der Waals surface area contributed by atoms with Gasteiger partial charge in [0, 0.05) is 30.8 Å². The first-order chi connectivity index (χ1) is 13.7. The molecular weight excluding hydrogens is 396 g/mol. The van der Waals surface area contributed by atoms with Gasteiger partial charge in [0.05, 0.1) is 10.6 Å². The van der Waals surface area contributed by atoms with Crippen LogP contribution in [0.3, 0.4) is 0 Å². The maximum atomic E-state index is 12.6. The maximum Gasteiger partial charge on any atom is 0.225 e. The van der Waals surface area contributed by atoms with Crippen molar-refractivity contribution in [3.8, 4) is 11.5 Å². The lowest BCUT2D eigenvalue weighted by molar-refractivity contribution is -0.116. The number of sulfone groups is 1. The van der Waals surface area contributed by atoms with E-state index in [9.17, 15) is 18.0 Å². The van der Waals surface area contributed by atoms with Crippen molar-refractivity contribution in [2.45, 2.75) is 25.2 Å². The number of rotatable bonds is 6. The number of hydrogen-bond donors (Lipinski definition) is 2. The molecule has 0 atom stereocenters. The molecule has 1 aliphatic heterocycles. The minimum atomic E-state index is -3.65. The molecule has 2 amide bonds. The topological polar surface area (TPSA) is 111 Å². The van der Waals surface area contributed by atoms with Gasteiger partial charge in [0.2, 0.25) is 11.8 Å². The first-order valence-corrected chi connectivity index (χ1v) is 10.7. The van der Waals surface area contributed by atoms with E-state index in [4.69, 9.17) is 9.47 Å². The summed E-state index contributed by atoms with van der Waals surface area (Å²) in [6, 6.07) is 9.46. The predicted octanol–water partition coefficient (Wildman–Crippen LogP) is 2.53. The summed E-state index contributed by atoms with van der Waals surface area (Å²) in [7, 11) is -3.65. The average Bonchev–Trinajstić information content (AvgIpc) is 2.68. The van der Waals surface area contributed by atoms with Crippen LogP contribution in [0, 0.1) is 6.92 Å².